The molecule has 0 radical (unpaired) electrons. The van der Waals surface area contributed by atoms with Crippen LogP contribution in [0.2, 0.25) is 0 Å². The smallest absolute Gasteiger partial charge is 0.270 e. The largest absolute Gasteiger partial charge is 0.494 e. The van der Waals surface area contributed by atoms with Crippen LogP contribution < -0.4 is 4.74 Å². The Hall–Kier alpha value is -2.01. The Balaban J connectivity index is 1.97. The quantitative estimate of drug-likeness (QED) is 0.821. The zero-order valence-electron chi connectivity index (χ0n) is 16.7. The summed E-state index contributed by atoms with van der Waals surface area (Å²) >= 11 is 0. The van der Waals surface area contributed by atoms with Gasteiger partial charge in [-0.3, -0.25) is 4.79 Å². The summed E-state index contributed by atoms with van der Waals surface area (Å²) in [6.45, 7) is 9.66. The van der Waals surface area contributed by atoms with Gasteiger partial charge in [-0.05, 0) is 77.5 Å². The van der Waals surface area contributed by atoms with Crippen molar-refractivity contribution in [3.05, 3.63) is 29.5 Å². The van der Waals surface area contributed by atoms with Gasteiger partial charge in [0.15, 0.2) is 0 Å². The number of amides is 1. The van der Waals surface area contributed by atoms with Gasteiger partial charge in [-0.1, -0.05) is 0 Å². The standard InChI is InChI=1S/C21H31N3O2/c1-6-24-19-9-8-17(26-7-2)14-18(19)15(3)20(24)21(25)23(5)16-10-12-22(4)13-11-16/h8-9,14,16H,6-7,10-13H2,1-5H3. The number of fused-ring (bicyclic) bond motifs is 1. The molecule has 1 aromatic carbocycles. The van der Waals surface area contributed by atoms with Crippen molar-refractivity contribution in [1.29, 1.82) is 0 Å². The molecular formula is C21H31N3O2. The third-order valence-electron chi connectivity index (χ3n) is 5.67. The van der Waals surface area contributed by atoms with Crippen molar-refractivity contribution in [2.75, 3.05) is 33.8 Å². The first-order chi connectivity index (χ1) is 12.5. The second kappa shape index (κ2) is 7.70. The molecule has 1 aliphatic heterocycles. The van der Waals surface area contributed by atoms with Gasteiger partial charge in [0, 0.05) is 30.5 Å². The Morgan fingerprint density at radius 1 is 1.27 bits per heavy atom. The number of nitrogens with zero attached hydrogens (tertiary/aromatic N) is 3. The predicted molar refractivity (Wildman–Crippen MR) is 106 cm³/mol. The molecule has 0 atom stereocenters. The van der Waals surface area contributed by atoms with Crippen LogP contribution in [0.5, 0.6) is 5.75 Å². The van der Waals surface area contributed by atoms with Crippen LogP contribution in [0.3, 0.4) is 0 Å². The fraction of sp³-hybridized carbons (Fsp3) is 0.571. The van der Waals surface area contributed by atoms with E-state index in [1.54, 1.807) is 0 Å². The molecule has 2 aromatic rings. The topological polar surface area (TPSA) is 37.7 Å². The van der Waals surface area contributed by atoms with Crippen LogP contribution in [-0.4, -0.2) is 60.1 Å². The third-order valence-corrected chi connectivity index (χ3v) is 5.67. The number of hydrogen-bond donors (Lipinski definition) is 0. The van der Waals surface area contributed by atoms with Crippen molar-refractivity contribution in [2.24, 2.45) is 0 Å². The van der Waals surface area contributed by atoms with Crippen molar-refractivity contribution in [1.82, 2.24) is 14.4 Å². The molecule has 26 heavy (non-hydrogen) atoms. The van der Waals surface area contributed by atoms with E-state index in [1.807, 2.05) is 24.9 Å². The van der Waals surface area contributed by atoms with Gasteiger partial charge in [0.2, 0.25) is 0 Å². The molecule has 142 valence electrons. The van der Waals surface area contributed by atoms with Crippen molar-refractivity contribution >= 4 is 16.8 Å². The number of carbonyl (C=O) groups is 1. The van der Waals surface area contributed by atoms with E-state index in [-0.39, 0.29) is 5.91 Å². The summed E-state index contributed by atoms with van der Waals surface area (Å²) in [5.74, 6) is 0.993. The minimum atomic E-state index is 0.132. The summed E-state index contributed by atoms with van der Waals surface area (Å²) in [6.07, 6.45) is 2.08. The number of benzene rings is 1. The van der Waals surface area contributed by atoms with Crippen LogP contribution in [0.1, 0.15) is 42.7 Å². The molecule has 0 bridgehead atoms. The highest BCUT2D eigenvalue weighted by molar-refractivity contribution is 6.02. The van der Waals surface area contributed by atoms with Gasteiger partial charge < -0.3 is 19.1 Å². The number of carbonyl (C=O) groups excluding carboxylic acids is 1. The minimum absolute atomic E-state index is 0.132. The normalized spacial score (nSPS) is 16.2. The maximum atomic E-state index is 13.4. The molecule has 1 amide bonds. The third kappa shape index (κ3) is 3.32. The molecule has 0 unspecified atom stereocenters. The van der Waals surface area contributed by atoms with Gasteiger partial charge in [0.25, 0.3) is 5.91 Å². The van der Waals surface area contributed by atoms with E-state index in [4.69, 9.17) is 4.74 Å². The highest BCUT2D eigenvalue weighted by Crippen LogP contribution is 2.30. The molecule has 1 aliphatic rings. The maximum absolute atomic E-state index is 13.4. The average molecular weight is 357 g/mol. The van der Waals surface area contributed by atoms with E-state index in [2.05, 4.69) is 42.5 Å². The summed E-state index contributed by atoms with van der Waals surface area (Å²) in [5.41, 5.74) is 2.97. The number of aryl methyl sites for hydroxylation is 2. The van der Waals surface area contributed by atoms with Crippen molar-refractivity contribution in [3.8, 4) is 5.75 Å². The highest BCUT2D eigenvalue weighted by Gasteiger charge is 2.28. The Morgan fingerprint density at radius 2 is 1.96 bits per heavy atom. The number of likely N-dealkylation sites (tertiary alicyclic amines) is 1. The molecule has 0 aliphatic carbocycles. The van der Waals surface area contributed by atoms with Gasteiger partial charge in [-0.15, -0.1) is 0 Å². The number of rotatable bonds is 5. The van der Waals surface area contributed by atoms with Crippen LogP contribution in [0.15, 0.2) is 18.2 Å². The van der Waals surface area contributed by atoms with Gasteiger partial charge in [-0.2, -0.15) is 0 Å². The zero-order valence-corrected chi connectivity index (χ0v) is 16.7. The SMILES string of the molecule is CCOc1ccc2c(c1)c(C)c(C(=O)N(C)C1CCN(C)CC1)n2CC. The first-order valence-electron chi connectivity index (χ1n) is 9.69. The van der Waals surface area contributed by atoms with E-state index in [9.17, 15) is 4.79 Å². The Morgan fingerprint density at radius 3 is 2.58 bits per heavy atom. The van der Waals surface area contributed by atoms with Gasteiger partial charge in [-0.25, -0.2) is 0 Å². The van der Waals surface area contributed by atoms with E-state index >= 15 is 0 Å². The molecule has 0 spiro atoms. The molecule has 0 saturated carbocycles. The van der Waals surface area contributed by atoms with Gasteiger partial charge in [0.05, 0.1) is 6.61 Å². The van der Waals surface area contributed by atoms with Crippen LogP contribution in [-0.2, 0) is 6.54 Å². The molecule has 3 rings (SSSR count). The van der Waals surface area contributed by atoms with Crippen LogP contribution in [0.25, 0.3) is 10.9 Å². The van der Waals surface area contributed by atoms with E-state index < -0.39 is 0 Å². The lowest BCUT2D eigenvalue weighted by molar-refractivity contribution is 0.0649. The summed E-state index contributed by atoms with van der Waals surface area (Å²) < 4.78 is 7.80. The fourth-order valence-corrected chi connectivity index (χ4v) is 4.08. The molecule has 1 aromatic heterocycles. The summed E-state index contributed by atoms with van der Waals surface area (Å²) in [6, 6.07) is 6.45. The van der Waals surface area contributed by atoms with E-state index in [1.165, 1.54) is 0 Å². The lowest BCUT2D eigenvalue weighted by Crippen LogP contribution is -2.45. The molecule has 5 nitrogen and oxygen atoms in total. The second-order valence-electron chi connectivity index (χ2n) is 7.28. The molecule has 1 fully saturated rings. The van der Waals surface area contributed by atoms with E-state index in [0.29, 0.717) is 12.6 Å². The van der Waals surface area contributed by atoms with Gasteiger partial charge in [0.1, 0.15) is 11.4 Å². The summed E-state index contributed by atoms with van der Waals surface area (Å²) in [7, 11) is 4.11. The highest BCUT2D eigenvalue weighted by atomic mass is 16.5. The first-order valence-corrected chi connectivity index (χ1v) is 9.69. The molecule has 0 N–H and O–H groups in total. The summed E-state index contributed by atoms with van der Waals surface area (Å²) in [5, 5.41) is 1.11. The second-order valence-corrected chi connectivity index (χ2v) is 7.28. The number of ether oxygens (including phenoxy) is 1. The Labute approximate surface area is 156 Å². The summed E-state index contributed by atoms with van der Waals surface area (Å²) in [4.78, 5) is 17.7. The average Bonchev–Trinajstić information content (AvgIpc) is 2.93. The predicted octanol–water partition coefficient (Wildman–Crippen LogP) is 3.53. The maximum Gasteiger partial charge on any atom is 0.270 e. The lowest BCUT2D eigenvalue weighted by atomic mass is 10.0. The van der Waals surface area contributed by atoms with Crippen molar-refractivity contribution in [3.63, 3.8) is 0 Å². The van der Waals surface area contributed by atoms with Crippen molar-refractivity contribution < 1.29 is 9.53 Å². The Kier molecular flexibility index (Phi) is 5.56. The molecule has 1 saturated heterocycles. The lowest BCUT2D eigenvalue weighted by Gasteiger charge is -2.35. The monoisotopic (exact) mass is 357 g/mol. The van der Waals surface area contributed by atoms with Crippen molar-refractivity contribution in [2.45, 2.75) is 46.2 Å². The number of piperidine rings is 1. The molecular weight excluding hydrogens is 326 g/mol. The Bertz CT molecular complexity index is 788. The zero-order chi connectivity index (χ0) is 18.8. The molecule has 5 heteroatoms. The number of hydrogen-bond acceptors (Lipinski definition) is 3. The molecule has 2 heterocycles. The fourth-order valence-electron chi connectivity index (χ4n) is 4.08. The van der Waals surface area contributed by atoms with Crippen LogP contribution in [0, 0.1) is 6.92 Å². The van der Waals surface area contributed by atoms with Crippen LogP contribution >= 0.6 is 0 Å². The first kappa shape index (κ1) is 18.8. The van der Waals surface area contributed by atoms with Gasteiger partial charge >= 0.3 is 0 Å². The van der Waals surface area contributed by atoms with Crippen LogP contribution in [0.4, 0.5) is 0 Å². The minimum Gasteiger partial charge on any atom is -0.494 e. The van der Waals surface area contributed by atoms with E-state index in [0.717, 1.165) is 60.4 Å². The number of aromatic nitrogens is 1.